The van der Waals surface area contributed by atoms with E-state index in [4.69, 9.17) is 0 Å². The van der Waals surface area contributed by atoms with Crippen LogP contribution in [0.3, 0.4) is 0 Å². The van der Waals surface area contributed by atoms with Crippen LogP contribution >= 0.6 is 11.3 Å². The van der Waals surface area contributed by atoms with Gasteiger partial charge in [0.2, 0.25) is 0 Å². The Morgan fingerprint density at radius 3 is 3.00 bits per heavy atom. The number of likely N-dealkylation sites (tertiary alicyclic amines) is 1. The molecule has 4 aromatic rings. The lowest BCUT2D eigenvalue weighted by molar-refractivity contribution is -0.143. The molecule has 0 bridgehead atoms. The lowest BCUT2D eigenvalue weighted by Gasteiger charge is -2.21. The van der Waals surface area contributed by atoms with Crippen molar-refractivity contribution in [1.82, 2.24) is 19.9 Å². The van der Waals surface area contributed by atoms with Gasteiger partial charge in [0, 0.05) is 48.1 Å². The molecule has 0 spiro atoms. The average Bonchev–Trinajstić information content (AvgIpc) is 3.45. The number of carbonyl (C=O) groups is 1. The smallest absolute Gasteiger partial charge is 0.258 e. The van der Waals surface area contributed by atoms with Gasteiger partial charge in [0.25, 0.3) is 5.91 Å². The average molecular weight is 408 g/mol. The molecule has 2 N–H and O–H groups in total. The minimum atomic E-state index is -1.51. The maximum absolute atomic E-state index is 14.5. The topological polar surface area (TPSA) is 82.1 Å². The summed E-state index contributed by atoms with van der Waals surface area (Å²) >= 11 is 1.38. The lowest BCUT2D eigenvalue weighted by Crippen LogP contribution is -2.36. The van der Waals surface area contributed by atoms with Gasteiger partial charge in [-0.25, -0.2) is 14.4 Å². The number of halogens is 1. The predicted molar refractivity (Wildman–Crippen MR) is 109 cm³/mol. The van der Waals surface area contributed by atoms with E-state index in [1.807, 2.05) is 6.07 Å². The molecule has 146 valence electrons. The van der Waals surface area contributed by atoms with E-state index in [0.29, 0.717) is 45.8 Å². The van der Waals surface area contributed by atoms with Gasteiger partial charge in [0.05, 0.1) is 11.9 Å². The lowest BCUT2D eigenvalue weighted by atomic mass is 9.91. The van der Waals surface area contributed by atoms with Gasteiger partial charge in [-0.2, -0.15) is 0 Å². The van der Waals surface area contributed by atoms with Crippen LogP contribution in [0.4, 0.5) is 4.39 Å². The van der Waals surface area contributed by atoms with E-state index < -0.39 is 11.4 Å². The summed E-state index contributed by atoms with van der Waals surface area (Å²) in [6.45, 7) is 0.509. The van der Waals surface area contributed by atoms with Gasteiger partial charge in [-0.15, -0.1) is 11.3 Å². The summed E-state index contributed by atoms with van der Waals surface area (Å²) < 4.78 is 14.5. The zero-order chi connectivity index (χ0) is 20.2. The van der Waals surface area contributed by atoms with E-state index in [1.54, 1.807) is 42.9 Å². The third kappa shape index (κ3) is 2.75. The highest BCUT2D eigenvalue weighted by molar-refractivity contribution is 7.13. The van der Waals surface area contributed by atoms with Crippen molar-refractivity contribution >= 4 is 28.3 Å². The number of aromatic nitrogens is 3. The van der Waals surface area contributed by atoms with Gasteiger partial charge in [-0.05, 0) is 17.7 Å². The fourth-order valence-corrected chi connectivity index (χ4v) is 4.60. The molecule has 3 aromatic heterocycles. The van der Waals surface area contributed by atoms with Crippen LogP contribution in [-0.4, -0.2) is 44.5 Å². The quantitative estimate of drug-likeness (QED) is 0.543. The maximum Gasteiger partial charge on any atom is 0.258 e. The number of aromatic amines is 1. The van der Waals surface area contributed by atoms with Crippen molar-refractivity contribution in [2.75, 3.05) is 13.6 Å². The summed E-state index contributed by atoms with van der Waals surface area (Å²) in [5.41, 5.74) is 1.33. The van der Waals surface area contributed by atoms with E-state index in [9.17, 15) is 14.3 Å². The highest BCUT2D eigenvalue weighted by Gasteiger charge is 2.45. The van der Waals surface area contributed by atoms with Crippen molar-refractivity contribution < 1.29 is 14.3 Å². The monoisotopic (exact) mass is 408 g/mol. The van der Waals surface area contributed by atoms with E-state index >= 15 is 0 Å². The van der Waals surface area contributed by atoms with Gasteiger partial charge in [0.15, 0.2) is 11.4 Å². The number of likely N-dealkylation sites (N-methyl/N-ethyl adjacent to an activating group) is 1. The van der Waals surface area contributed by atoms with Gasteiger partial charge in [-0.1, -0.05) is 18.2 Å². The summed E-state index contributed by atoms with van der Waals surface area (Å²) in [5.74, 6) is -0.736. The second kappa shape index (κ2) is 6.47. The van der Waals surface area contributed by atoms with Crippen LogP contribution in [0.2, 0.25) is 0 Å². The molecular weight excluding hydrogens is 391 g/mol. The molecule has 0 aliphatic carbocycles. The number of hydrogen-bond donors (Lipinski definition) is 2. The number of thiazole rings is 1. The Hall–Kier alpha value is -3.10. The van der Waals surface area contributed by atoms with Crippen LogP contribution < -0.4 is 0 Å². The molecule has 1 saturated heterocycles. The molecule has 0 unspecified atom stereocenters. The summed E-state index contributed by atoms with van der Waals surface area (Å²) in [4.78, 5) is 25.6. The molecule has 5 rings (SSSR count). The third-order valence-electron chi connectivity index (χ3n) is 5.40. The van der Waals surface area contributed by atoms with E-state index in [2.05, 4.69) is 15.0 Å². The number of carbonyl (C=O) groups excluding carboxylic acids is 1. The minimum absolute atomic E-state index is 0.303. The van der Waals surface area contributed by atoms with Crippen LogP contribution in [0, 0.1) is 5.82 Å². The highest BCUT2D eigenvalue weighted by Crippen LogP contribution is 2.37. The number of hydrogen-bond acceptors (Lipinski definition) is 5. The van der Waals surface area contributed by atoms with Crippen molar-refractivity contribution in [2.45, 2.75) is 12.0 Å². The molecule has 4 heterocycles. The van der Waals surface area contributed by atoms with E-state index in [1.165, 1.54) is 22.4 Å². The molecular formula is C21H17FN4O2S. The molecule has 6 nitrogen and oxygen atoms in total. The molecule has 1 amide bonds. The van der Waals surface area contributed by atoms with Gasteiger partial charge >= 0.3 is 0 Å². The predicted octanol–water partition coefficient (Wildman–Crippen LogP) is 3.54. The van der Waals surface area contributed by atoms with E-state index in [0.717, 1.165) is 5.56 Å². The standard InChI is InChI=1S/C21H17FN4O2S/c1-26-8-6-21(28,20(26)27)13-4-2-3-12(9-13)19-25-16(11-29-19)17-14-5-7-23-18(14)24-10-15(17)22/h2-5,7,9-11,28H,6,8H2,1H3,(H,23,24)/t21-/m1/s1. The van der Waals surface area contributed by atoms with Gasteiger partial charge < -0.3 is 15.0 Å². The maximum atomic E-state index is 14.5. The Morgan fingerprint density at radius 2 is 2.21 bits per heavy atom. The number of nitrogens with zero attached hydrogens (tertiary/aromatic N) is 3. The first-order valence-corrected chi connectivity index (χ1v) is 10.0. The third-order valence-corrected chi connectivity index (χ3v) is 6.29. The van der Waals surface area contributed by atoms with Gasteiger partial charge in [0.1, 0.15) is 10.7 Å². The van der Waals surface area contributed by atoms with Crippen LogP contribution in [0.5, 0.6) is 0 Å². The molecule has 0 radical (unpaired) electrons. The van der Waals surface area contributed by atoms with Crippen molar-refractivity contribution in [3.63, 3.8) is 0 Å². The SMILES string of the molecule is CN1CC[C@@](O)(c2cccc(-c3nc(-c4c(F)cnc5[nH]ccc45)cs3)c2)C1=O. The van der Waals surface area contributed by atoms with Crippen LogP contribution in [-0.2, 0) is 10.4 Å². The first-order chi connectivity index (χ1) is 14.0. The Morgan fingerprint density at radius 1 is 1.34 bits per heavy atom. The Labute approximate surface area is 169 Å². The fraction of sp³-hybridized carbons (Fsp3) is 0.190. The molecule has 8 heteroatoms. The first-order valence-electron chi connectivity index (χ1n) is 9.14. The summed E-state index contributed by atoms with van der Waals surface area (Å²) in [6, 6.07) is 8.98. The molecule has 1 aliphatic rings. The number of H-pyrrole nitrogens is 1. The Bertz CT molecular complexity index is 1250. The number of aliphatic hydroxyl groups is 1. The van der Waals surface area contributed by atoms with Crippen LogP contribution in [0.25, 0.3) is 32.9 Å². The highest BCUT2D eigenvalue weighted by atomic mass is 32.1. The molecule has 0 saturated carbocycles. The second-order valence-corrected chi connectivity index (χ2v) is 8.03. The first kappa shape index (κ1) is 18.0. The van der Waals surface area contributed by atoms with Crippen molar-refractivity contribution in [3.05, 3.63) is 59.5 Å². The number of amides is 1. The summed E-state index contributed by atoms with van der Waals surface area (Å²) in [6.07, 6.45) is 3.25. The molecule has 29 heavy (non-hydrogen) atoms. The normalized spacial score (nSPS) is 19.4. The number of benzene rings is 1. The number of rotatable bonds is 3. The van der Waals surface area contributed by atoms with Crippen molar-refractivity contribution in [3.8, 4) is 21.8 Å². The van der Waals surface area contributed by atoms with Crippen LogP contribution in [0.15, 0.2) is 48.1 Å². The van der Waals surface area contributed by atoms with Crippen molar-refractivity contribution in [1.29, 1.82) is 0 Å². The summed E-state index contributed by atoms with van der Waals surface area (Å²) in [7, 11) is 1.68. The zero-order valence-corrected chi connectivity index (χ0v) is 16.3. The Balaban J connectivity index is 1.56. The van der Waals surface area contributed by atoms with Crippen molar-refractivity contribution in [2.24, 2.45) is 0 Å². The number of pyridine rings is 1. The zero-order valence-electron chi connectivity index (χ0n) is 15.5. The number of fused-ring (bicyclic) bond motifs is 1. The van der Waals surface area contributed by atoms with Crippen LogP contribution in [0.1, 0.15) is 12.0 Å². The van der Waals surface area contributed by atoms with E-state index in [-0.39, 0.29) is 5.91 Å². The molecule has 1 aromatic carbocycles. The second-order valence-electron chi connectivity index (χ2n) is 7.18. The largest absolute Gasteiger partial charge is 0.375 e. The minimum Gasteiger partial charge on any atom is -0.375 e. The number of nitrogens with one attached hydrogen (secondary N) is 1. The Kier molecular flexibility index (Phi) is 4.01. The molecule has 1 fully saturated rings. The fourth-order valence-electron chi connectivity index (χ4n) is 3.80. The summed E-state index contributed by atoms with van der Waals surface area (Å²) in [5, 5.41) is 14.1. The van der Waals surface area contributed by atoms with Gasteiger partial charge in [-0.3, -0.25) is 4.79 Å². The molecule has 1 aliphatic heterocycles. The molecule has 1 atom stereocenters.